The standard InChI is InChI=1S/C58H99N2O6P/c1-6-8-10-12-14-16-17-18-19-20-21-22-23-24-25-26-27-28-29-30-31-32-33-34-35-36-37-38-39-40-41-42-43-44-46-48-50-52-58(62)59-56(55-66-67(63,64)65-54-53-60(3,4)5)57(61)51-49-47-45-15-13-11-9-7-2/h8,10,13-16,18-19,21-22,24-25,27-28,30-31,33-34,49,51,56-57,61H,6-7,9,11-12,17,20,23,26,29,32,35-48,50,52-55H2,1-5H3,(H-,59,62,63,64)/p+1/b10-8-,15-13+,16-14-,19-18-,22-21-,25-24-,28-27-,31-30-,34-33-,51-49+. The number of quaternary nitrogens is 1. The number of phosphoric acid groups is 1. The lowest BCUT2D eigenvalue weighted by atomic mass is 10.0. The Kier molecular flexibility index (Phi) is 45.7. The molecule has 0 radical (unpaired) electrons. The maximum absolute atomic E-state index is 12.9. The van der Waals surface area contributed by atoms with Crippen LogP contribution in [0.1, 0.15) is 187 Å². The van der Waals surface area contributed by atoms with Gasteiger partial charge in [0.05, 0.1) is 39.9 Å². The Labute approximate surface area is 412 Å². The first-order chi connectivity index (χ1) is 32.5. The zero-order valence-corrected chi connectivity index (χ0v) is 44.2. The lowest BCUT2D eigenvalue weighted by Crippen LogP contribution is -2.45. The smallest absolute Gasteiger partial charge is 0.387 e. The van der Waals surface area contributed by atoms with E-state index >= 15 is 0 Å². The fourth-order valence-corrected chi connectivity index (χ4v) is 7.50. The highest BCUT2D eigenvalue weighted by molar-refractivity contribution is 7.47. The molecule has 0 aromatic heterocycles. The summed E-state index contributed by atoms with van der Waals surface area (Å²) in [5.74, 6) is -0.199. The van der Waals surface area contributed by atoms with Crippen molar-refractivity contribution in [1.82, 2.24) is 5.32 Å². The highest BCUT2D eigenvalue weighted by atomic mass is 31.2. The van der Waals surface area contributed by atoms with E-state index in [0.717, 1.165) is 89.9 Å². The van der Waals surface area contributed by atoms with E-state index < -0.39 is 20.0 Å². The molecule has 0 fully saturated rings. The number of aliphatic hydroxyl groups excluding tert-OH is 1. The van der Waals surface area contributed by atoms with E-state index in [1.807, 2.05) is 27.2 Å². The molecule has 8 nitrogen and oxygen atoms in total. The number of carbonyl (C=O) groups excluding carboxylic acids is 1. The van der Waals surface area contributed by atoms with E-state index in [0.29, 0.717) is 17.4 Å². The van der Waals surface area contributed by atoms with Crippen molar-refractivity contribution in [2.24, 2.45) is 0 Å². The molecule has 0 aliphatic heterocycles. The molecule has 0 heterocycles. The molecule has 1 amide bonds. The fourth-order valence-electron chi connectivity index (χ4n) is 6.76. The topological polar surface area (TPSA) is 105 Å². The number of rotatable bonds is 46. The van der Waals surface area contributed by atoms with Gasteiger partial charge in [-0.15, -0.1) is 0 Å². The van der Waals surface area contributed by atoms with Crippen molar-refractivity contribution in [2.75, 3.05) is 40.9 Å². The Morgan fingerprint density at radius 2 is 0.910 bits per heavy atom. The second-order valence-corrected chi connectivity index (χ2v) is 20.0. The Morgan fingerprint density at radius 1 is 0.522 bits per heavy atom. The number of unbranched alkanes of at least 4 members (excludes halogenated alkanes) is 15. The van der Waals surface area contributed by atoms with Crippen LogP contribution in [0.4, 0.5) is 0 Å². The molecule has 0 rings (SSSR count). The minimum Gasteiger partial charge on any atom is -0.387 e. The Balaban J connectivity index is 4.01. The number of nitrogens with zero attached hydrogens (tertiary/aromatic N) is 1. The van der Waals surface area contributed by atoms with Crippen LogP contribution in [0, 0.1) is 0 Å². The number of allylic oxidation sites excluding steroid dienone is 19. The van der Waals surface area contributed by atoms with Gasteiger partial charge in [0.25, 0.3) is 0 Å². The molecule has 0 bridgehead atoms. The molecule has 0 aromatic carbocycles. The Bertz CT molecular complexity index is 1500. The highest BCUT2D eigenvalue weighted by Gasteiger charge is 2.27. The molecule has 3 N–H and O–H groups in total. The maximum atomic E-state index is 12.9. The second-order valence-electron chi connectivity index (χ2n) is 18.5. The lowest BCUT2D eigenvalue weighted by Gasteiger charge is -2.25. The molecule has 0 saturated heterocycles. The summed E-state index contributed by atoms with van der Waals surface area (Å²) in [5.41, 5.74) is 0. The van der Waals surface area contributed by atoms with E-state index in [1.165, 1.54) is 77.0 Å². The van der Waals surface area contributed by atoms with Crippen LogP contribution in [-0.2, 0) is 18.4 Å². The van der Waals surface area contributed by atoms with Gasteiger partial charge in [-0.25, -0.2) is 4.57 Å². The third-order valence-electron chi connectivity index (χ3n) is 10.9. The van der Waals surface area contributed by atoms with Crippen molar-refractivity contribution in [2.45, 2.75) is 199 Å². The molecule has 382 valence electrons. The van der Waals surface area contributed by atoms with Gasteiger partial charge in [-0.1, -0.05) is 212 Å². The Hall–Kier alpha value is -3.10. The van der Waals surface area contributed by atoms with Gasteiger partial charge in [-0.05, 0) is 89.9 Å². The van der Waals surface area contributed by atoms with Crippen molar-refractivity contribution >= 4 is 13.7 Å². The average molecular weight is 952 g/mol. The molecule has 0 aliphatic rings. The summed E-state index contributed by atoms with van der Waals surface area (Å²) >= 11 is 0. The molecule has 3 atom stereocenters. The number of hydrogen-bond donors (Lipinski definition) is 3. The van der Waals surface area contributed by atoms with Crippen LogP contribution in [0.25, 0.3) is 0 Å². The number of amides is 1. The lowest BCUT2D eigenvalue weighted by molar-refractivity contribution is -0.870. The van der Waals surface area contributed by atoms with Crippen LogP contribution >= 0.6 is 7.82 Å². The number of hydrogen-bond acceptors (Lipinski definition) is 5. The van der Waals surface area contributed by atoms with Gasteiger partial charge in [0, 0.05) is 6.42 Å². The van der Waals surface area contributed by atoms with Gasteiger partial charge in [0.15, 0.2) is 0 Å². The minimum absolute atomic E-state index is 0.0500. The predicted molar refractivity (Wildman–Crippen MR) is 290 cm³/mol. The van der Waals surface area contributed by atoms with E-state index in [1.54, 1.807) is 6.08 Å². The van der Waals surface area contributed by atoms with Gasteiger partial charge >= 0.3 is 7.82 Å². The molecule has 0 aliphatic carbocycles. The molecule has 0 spiro atoms. The van der Waals surface area contributed by atoms with Crippen LogP contribution in [0.2, 0.25) is 0 Å². The summed E-state index contributed by atoms with van der Waals surface area (Å²) in [5, 5.41) is 13.7. The van der Waals surface area contributed by atoms with Crippen molar-refractivity contribution in [1.29, 1.82) is 0 Å². The van der Waals surface area contributed by atoms with Crippen LogP contribution < -0.4 is 5.32 Å². The highest BCUT2D eigenvalue weighted by Crippen LogP contribution is 2.43. The zero-order chi connectivity index (χ0) is 49.2. The first kappa shape index (κ1) is 63.9. The molecule has 67 heavy (non-hydrogen) atoms. The molecular weight excluding hydrogens is 852 g/mol. The summed E-state index contributed by atoms with van der Waals surface area (Å²) in [4.78, 5) is 23.1. The number of phosphoric ester groups is 1. The maximum Gasteiger partial charge on any atom is 0.472 e. The van der Waals surface area contributed by atoms with E-state index in [-0.39, 0.29) is 19.1 Å². The largest absolute Gasteiger partial charge is 0.472 e. The van der Waals surface area contributed by atoms with Crippen molar-refractivity contribution < 1.29 is 32.9 Å². The monoisotopic (exact) mass is 952 g/mol. The Morgan fingerprint density at radius 3 is 1.37 bits per heavy atom. The normalized spacial score (nSPS) is 15.0. The quantitative estimate of drug-likeness (QED) is 0.0243. The van der Waals surface area contributed by atoms with Gasteiger partial charge in [-0.3, -0.25) is 13.8 Å². The number of nitrogens with one attached hydrogen (secondary N) is 1. The number of carbonyl (C=O) groups is 1. The van der Waals surface area contributed by atoms with Crippen LogP contribution in [0.15, 0.2) is 122 Å². The molecule has 3 unspecified atom stereocenters. The van der Waals surface area contributed by atoms with Gasteiger partial charge in [0.1, 0.15) is 13.2 Å². The van der Waals surface area contributed by atoms with E-state index in [2.05, 4.69) is 129 Å². The van der Waals surface area contributed by atoms with E-state index in [9.17, 15) is 19.4 Å². The van der Waals surface area contributed by atoms with Gasteiger partial charge in [-0.2, -0.15) is 0 Å². The third kappa shape index (κ3) is 50.6. The van der Waals surface area contributed by atoms with Gasteiger partial charge < -0.3 is 19.8 Å². The summed E-state index contributed by atoms with van der Waals surface area (Å²) < 4.78 is 23.5. The SMILES string of the molecule is CC/C=C\C/C=C\C/C=C\C/C=C\C/C=C\C/C=C\C/C=C\C/C=C\CCCCCCCCCCCCCCC(=O)NC(COP(=O)(O)OCC[N+](C)(C)C)C(O)/C=C/CC/C=C/CCCC. The first-order valence-corrected chi connectivity index (χ1v) is 27.9. The first-order valence-electron chi connectivity index (χ1n) is 26.4. The summed E-state index contributed by atoms with van der Waals surface area (Å²) in [6.07, 6.45) is 71.8. The third-order valence-corrected chi connectivity index (χ3v) is 11.9. The van der Waals surface area contributed by atoms with E-state index in [4.69, 9.17) is 9.05 Å². The number of aliphatic hydroxyl groups is 1. The summed E-state index contributed by atoms with van der Waals surface area (Å²) in [6.45, 7) is 4.57. The van der Waals surface area contributed by atoms with Crippen molar-refractivity contribution in [3.8, 4) is 0 Å². The van der Waals surface area contributed by atoms with Crippen LogP contribution in [0.5, 0.6) is 0 Å². The zero-order valence-electron chi connectivity index (χ0n) is 43.3. The molecule has 0 aromatic rings. The van der Waals surface area contributed by atoms with Crippen LogP contribution in [-0.4, -0.2) is 73.4 Å². The van der Waals surface area contributed by atoms with Crippen LogP contribution in [0.3, 0.4) is 0 Å². The van der Waals surface area contributed by atoms with Gasteiger partial charge in [0.2, 0.25) is 5.91 Å². The summed E-state index contributed by atoms with van der Waals surface area (Å²) in [7, 11) is 1.53. The molecule has 0 saturated carbocycles. The summed E-state index contributed by atoms with van der Waals surface area (Å²) in [6, 6.07) is -0.869. The van der Waals surface area contributed by atoms with Crippen molar-refractivity contribution in [3.63, 3.8) is 0 Å². The average Bonchev–Trinajstić information content (AvgIpc) is 3.29. The number of likely N-dealkylation sites (N-methyl/N-ethyl adjacent to an activating group) is 1. The molecule has 9 heteroatoms. The predicted octanol–water partition coefficient (Wildman–Crippen LogP) is 15.8. The second kappa shape index (κ2) is 47.9. The van der Waals surface area contributed by atoms with Crippen molar-refractivity contribution in [3.05, 3.63) is 122 Å². The molecular formula is C58H100N2O6P+. The fraction of sp³-hybridized carbons (Fsp3) is 0.638. The minimum atomic E-state index is -4.35.